The molecule has 0 saturated carbocycles. The average molecular weight is 322 g/mol. The SMILES string of the molecule is CC(C)(C)OC(=O)N1CCC[C@@H](NC(=O)c2ccc(F)cc2)C1. The van der Waals surface area contributed by atoms with Crippen LogP contribution >= 0.6 is 0 Å². The number of halogens is 1. The van der Waals surface area contributed by atoms with E-state index in [0.717, 1.165) is 12.8 Å². The summed E-state index contributed by atoms with van der Waals surface area (Å²) in [5.74, 6) is -0.642. The summed E-state index contributed by atoms with van der Waals surface area (Å²) >= 11 is 0. The first-order chi connectivity index (χ1) is 10.7. The van der Waals surface area contributed by atoms with Gasteiger partial charge in [-0.1, -0.05) is 0 Å². The van der Waals surface area contributed by atoms with E-state index in [0.29, 0.717) is 18.7 Å². The first-order valence-electron chi connectivity index (χ1n) is 7.79. The minimum absolute atomic E-state index is 0.131. The second kappa shape index (κ2) is 6.98. The van der Waals surface area contributed by atoms with Crippen LogP contribution in [0.4, 0.5) is 9.18 Å². The summed E-state index contributed by atoms with van der Waals surface area (Å²) in [6.07, 6.45) is 1.23. The summed E-state index contributed by atoms with van der Waals surface area (Å²) in [5.41, 5.74) is -0.137. The molecule has 1 aliphatic rings. The third-order valence-electron chi connectivity index (χ3n) is 3.51. The molecule has 126 valence electrons. The van der Waals surface area contributed by atoms with Gasteiger partial charge in [0, 0.05) is 24.7 Å². The molecule has 0 radical (unpaired) electrons. The van der Waals surface area contributed by atoms with Crippen molar-refractivity contribution < 1.29 is 18.7 Å². The highest BCUT2D eigenvalue weighted by Gasteiger charge is 2.28. The van der Waals surface area contributed by atoms with Crippen LogP contribution < -0.4 is 5.32 Å². The average Bonchev–Trinajstić information content (AvgIpc) is 2.46. The van der Waals surface area contributed by atoms with Gasteiger partial charge in [-0.2, -0.15) is 0 Å². The van der Waals surface area contributed by atoms with Crippen LogP contribution in [-0.4, -0.2) is 41.6 Å². The largest absolute Gasteiger partial charge is 0.444 e. The number of nitrogens with zero attached hydrogens (tertiary/aromatic N) is 1. The highest BCUT2D eigenvalue weighted by Crippen LogP contribution is 2.16. The smallest absolute Gasteiger partial charge is 0.410 e. The van der Waals surface area contributed by atoms with Gasteiger partial charge in [0.25, 0.3) is 5.91 Å². The standard InChI is InChI=1S/C17H23FN2O3/c1-17(2,3)23-16(22)20-10-4-5-14(11-20)19-15(21)12-6-8-13(18)9-7-12/h6-9,14H,4-5,10-11H2,1-3H3,(H,19,21)/t14-/m1/s1. The second-order valence-electron chi connectivity index (χ2n) is 6.75. The normalized spacial score (nSPS) is 18.4. The van der Waals surface area contributed by atoms with Crippen molar-refractivity contribution in [3.8, 4) is 0 Å². The molecule has 0 bridgehead atoms. The van der Waals surface area contributed by atoms with E-state index < -0.39 is 5.60 Å². The predicted molar refractivity (Wildman–Crippen MR) is 84.7 cm³/mol. The summed E-state index contributed by atoms with van der Waals surface area (Å²) in [7, 11) is 0. The molecule has 1 aliphatic heterocycles. The van der Waals surface area contributed by atoms with Crippen LogP contribution in [0.1, 0.15) is 44.0 Å². The molecule has 1 heterocycles. The van der Waals surface area contributed by atoms with Crippen LogP contribution in [0.3, 0.4) is 0 Å². The van der Waals surface area contributed by atoms with E-state index in [9.17, 15) is 14.0 Å². The Kier molecular flexibility index (Phi) is 5.23. The van der Waals surface area contributed by atoms with Crippen molar-refractivity contribution >= 4 is 12.0 Å². The van der Waals surface area contributed by atoms with Crippen molar-refractivity contribution in [2.75, 3.05) is 13.1 Å². The molecule has 1 fully saturated rings. The maximum atomic E-state index is 12.9. The van der Waals surface area contributed by atoms with Gasteiger partial charge in [-0.3, -0.25) is 4.79 Å². The minimum atomic E-state index is -0.540. The monoisotopic (exact) mass is 322 g/mol. The zero-order valence-corrected chi connectivity index (χ0v) is 13.8. The van der Waals surface area contributed by atoms with E-state index in [4.69, 9.17) is 4.74 Å². The fourth-order valence-electron chi connectivity index (χ4n) is 2.46. The van der Waals surface area contributed by atoms with E-state index in [2.05, 4.69) is 5.32 Å². The number of carbonyl (C=O) groups is 2. The topological polar surface area (TPSA) is 58.6 Å². The molecule has 23 heavy (non-hydrogen) atoms. The molecule has 0 spiro atoms. The molecule has 1 saturated heterocycles. The molecule has 0 aromatic heterocycles. The van der Waals surface area contributed by atoms with Gasteiger partial charge in [0.05, 0.1) is 0 Å². The van der Waals surface area contributed by atoms with Crippen molar-refractivity contribution in [1.82, 2.24) is 10.2 Å². The Bertz CT molecular complexity index is 566. The summed E-state index contributed by atoms with van der Waals surface area (Å²) in [4.78, 5) is 25.9. The molecule has 2 amide bonds. The Hall–Kier alpha value is -2.11. The first-order valence-corrected chi connectivity index (χ1v) is 7.79. The van der Waals surface area contributed by atoms with Gasteiger partial charge in [0.2, 0.25) is 0 Å². The zero-order chi connectivity index (χ0) is 17.0. The molecule has 0 aliphatic carbocycles. The Labute approximate surface area is 135 Å². The van der Waals surface area contributed by atoms with Gasteiger partial charge in [0.15, 0.2) is 0 Å². The molecular formula is C17H23FN2O3. The van der Waals surface area contributed by atoms with Crippen molar-refractivity contribution in [3.63, 3.8) is 0 Å². The molecule has 6 heteroatoms. The van der Waals surface area contributed by atoms with Gasteiger partial charge in [0.1, 0.15) is 11.4 Å². The zero-order valence-electron chi connectivity index (χ0n) is 13.8. The molecular weight excluding hydrogens is 299 g/mol. The van der Waals surface area contributed by atoms with E-state index in [1.807, 2.05) is 20.8 Å². The number of piperidine rings is 1. The summed E-state index contributed by atoms with van der Waals surface area (Å²) in [6.45, 7) is 6.51. The van der Waals surface area contributed by atoms with Crippen LogP contribution in [0, 0.1) is 5.82 Å². The highest BCUT2D eigenvalue weighted by atomic mass is 19.1. The van der Waals surface area contributed by atoms with Crippen molar-refractivity contribution in [3.05, 3.63) is 35.6 Å². The lowest BCUT2D eigenvalue weighted by atomic mass is 10.1. The van der Waals surface area contributed by atoms with Crippen LogP contribution in [0.5, 0.6) is 0 Å². The number of benzene rings is 1. The Balaban J connectivity index is 1.92. The van der Waals surface area contributed by atoms with Crippen molar-refractivity contribution in [2.45, 2.75) is 45.3 Å². The number of rotatable bonds is 2. The Morgan fingerprint density at radius 2 is 1.91 bits per heavy atom. The molecule has 2 rings (SSSR count). The number of amides is 2. The number of carbonyl (C=O) groups excluding carboxylic acids is 2. The summed E-state index contributed by atoms with van der Waals surface area (Å²) < 4.78 is 18.3. The van der Waals surface area contributed by atoms with E-state index in [1.54, 1.807) is 4.90 Å². The maximum absolute atomic E-state index is 12.9. The van der Waals surface area contributed by atoms with Crippen LogP contribution in [0.2, 0.25) is 0 Å². The Morgan fingerprint density at radius 3 is 2.52 bits per heavy atom. The number of ether oxygens (including phenoxy) is 1. The van der Waals surface area contributed by atoms with Gasteiger partial charge < -0.3 is 15.0 Å². The highest BCUT2D eigenvalue weighted by molar-refractivity contribution is 5.94. The van der Waals surface area contributed by atoms with E-state index >= 15 is 0 Å². The second-order valence-corrected chi connectivity index (χ2v) is 6.75. The van der Waals surface area contributed by atoms with Crippen molar-refractivity contribution in [1.29, 1.82) is 0 Å². The lowest BCUT2D eigenvalue weighted by Gasteiger charge is -2.34. The first kappa shape index (κ1) is 17.2. The Morgan fingerprint density at radius 1 is 1.26 bits per heavy atom. The number of likely N-dealkylation sites (tertiary alicyclic amines) is 1. The van der Waals surface area contributed by atoms with Crippen molar-refractivity contribution in [2.24, 2.45) is 0 Å². The third kappa shape index (κ3) is 5.23. The number of hydrogen-bond acceptors (Lipinski definition) is 3. The van der Waals surface area contributed by atoms with Crippen LogP contribution in [0.15, 0.2) is 24.3 Å². The molecule has 1 atom stereocenters. The van der Waals surface area contributed by atoms with E-state index in [-0.39, 0.29) is 23.9 Å². The predicted octanol–water partition coefficient (Wildman–Crippen LogP) is 2.96. The fourth-order valence-corrected chi connectivity index (χ4v) is 2.46. The molecule has 0 unspecified atom stereocenters. The molecule has 1 aromatic carbocycles. The van der Waals surface area contributed by atoms with Gasteiger partial charge >= 0.3 is 6.09 Å². The number of hydrogen-bond donors (Lipinski definition) is 1. The van der Waals surface area contributed by atoms with Gasteiger partial charge in [-0.25, -0.2) is 9.18 Å². The summed E-state index contributed by atoms with van der Waals surface area (Å²) in [5, 5.41) is 2.89. The molecule has 5 nitrogen and oxygen atoms in total. The molecule has 1 aromatic rings. The van der Waals surface area contributed by atoms with Crippen LogP contribution in [-0.2, 0) is 4.74 Å². The quantitative estimate of drug-likeness (QED) is 0.911. The van der Waals surface area contributed by atoms with Gasteiger partial charge in [-0.15, -0.1) is 0 Å². The lowest BCUT2D eigenvalue weighted by molar-refractivity contribution is 0.0185. The lowest BCUT2D eigenvalue weighted by Crippen LogP contribution is -2.50. The summed E-state index contributed by atoms with van der Waals surface area (Å²) in [6, 6.07) is 5.26. The van der Waals surface area contributed by atoms with Gasteiger partial charge in [-0.05, 0) is 57.9 Å². The number of nitrogens with one attached hydrogen (secondary N) is 1. The fraction of sp³-hybridized carbons (Fsp3) is 0.529. The third-order valence-corrected chi connectivity index (χ3v) is 3.51. The maximum Gasteiger partial charge on any atom is 0.410 e. The van der Waals surface area contributed by atoms with E-state index in [1.165, 1.54) is 24.3 Å². The minimum Gasteiger partial charge on any atom is -0.444 e. The molecule has 1 N–H and O–H groups in total. The van der Waals surface area contributed by atoms with Crippen LogP contribution in [0.25, 0.3) is 0 Å².